The van der Waals surface area contributed by atoms with Crippen LogP contribution in [0.25, 0.3) is 0 Å². The molecule has 0 spiro atoms. The first kappa shape index (κ1) is 11.3. The smallest absolute Gasteiger partial charge is 0.129 e. The molecule has 14 heavy (non-hydrogen) atoms. The molecule has 1 aromatic rings. The summed E-state index contributed by atoms with van der Waals surface area (Å²) in [6.07, 6.45) is 5.39. The average Bonchev–Trinajstić information content (AvgIpc) is 2.63. The minimum Gasteiger partial charge on any atom is -0.467 e. The molecule has 0 unspecified atom stereocenters. The largest absolute Gasteiger partial charge is 0.467 e. The number of rotatable bonds is 7. The second-order valence-corrected chi connectivity index (χ2v) is 4.02. The summed E-state index contributed by atoms with van der Waals surface area (Å²) >= 11 is 0. The Morgan fingerprint density at radius 2 is 2.21 bits per heavy atom. The van der Waals surface area contributed by atoms with Crippen molar-refractivity contribution in [1.82, 2.24) is 0 Å². The second-order valence-electron chi connectivity index (χ2n) is 4.02. The van der Waals surface area contributed by atoms with Crippen LogP contribution in [0.4, 0.5) is 0 Å². The molecule has 0 aliphatic carbocycles. The quantitative estimate of drug-likeness (QED) is 0.621. The zero-order valence-corrected chi connectivity index (χ0v) is 9.16. The minimum absolute atomic E-state index is 0.606. The molecule has 0 aliphatic rings. The Labute approximate surface area is 86.3 Å². The van der Waals surface area contributed by atoms with Crippen molar-refractivity contribution in [3.05, 3.63) is 24.2 Å². The van der Waals surface area contributed by atoms with Gasteiger partial charge in [0.15, 0.2) is 0 Å². The molecule has 0 saturated heterocycles. The summed E-state index contributed by atoms with van der Waals surface area (Å²) in [6.45, 7) is 5.95. The van der Waals surface area contributed by atoms with Crippen molar-refractivity contribution in [2.75, 3.05) is 6.61 Å². The first-order chi connectivity index (χ1) is 6.79. The predicted octanol–water partition coefficient (Wildman–Crippen LogP) is 3.62. The van der Waals surface area contributed by atoms with Gasteiger partial charge in [0.25, 0.3) is 0 Å². The molecule has 0 radical (unpaired) electrons. The van der Waals surface area contributed by atoms with E-state index in [1.54, 1.807) is 6.26 Å². The standard InChI is InChI=1S/C12H20O2/c1-11(2)6-3-4-8-13-10-12-7-5-9-14-12/h5,7,9,11H,3-4,6,8,10H2,1-2H3. The summed E-state index contributed by atoms with van der Waals surface area (Å²) in [5, 5.41) is 0. The summed E-state index contributed by atoms with van der Waals surface area (Å²) < 4.78 is 10.6. The van der Waals surface area contributed by atoms with Crippen LogP contribution in [-0.4, -0.2) is 6.61 Å². The first-order valence-electron chi connectivity index (χ1n) is 5.39. The fourth-order valence-corrected chi connectivity index (χ4v) is 1.32. The van der Waals surface area contributed by atoms with Gasteiger partial charge in [0, 0.05) is 6.61 Å². The molecule has 0 N–H and O–H groups in total. The number of hydrogen-bond acceptors (Lipinski definition) is 2. The highest BCUT2D eigenvalue weighted by atomic mass is 16.5. The van der Waals surface area contributed by atoms with Gasteiger partial charge in [-0.05, 0) is 24.5 Å². The molecule has 1 heterocycles. The molecule has 0 aliphatic heterocycles. The Kier molecular flexibility index (Phi) is 5.38. The van der Waals surface area contributed by atoms with Crippen LogP contribution in [0.15, 0.2) is 22.8 Å². The third kappa shape index (κ3) is 5.07. The topological polar surface area (TPSA) is 22.4 Å². The van der Waals surface area contributed by atoms with E-state index in [4.69, 9.17) is 9.15 Å². The van der Waals surface area contributed by atoms with E-state index < -0.39 is 0 Å². The second kappa shape index (κ2) is 6.66. The third-order valence-electron chi connectivity index (χ3n) is 2.14. The van der Waals surface area contributed by atoms with Crippen LogP contribution in [0.5, 0.6) is 0 Å². The molecular weight excluding hydrogens is 176 g/mol. The van der Waals surface area contributed by atoms with E-state index in [0.717, 1.165) is 24.7 Å². The highest BCUT2D eigenvalue weighted by Gasteiger charge is 1.96. The van der Waals surface area contributed by atoms with Crippen LogP contribution in [0.1, 0.15) is 38.9 Å². The van der Waals surface area contributed by atoms with Gasteiger partial charge >= 0.3 is 0 Å². The summed E-state index contributed by atoms with van der Waals surface area (Å²) in [7, 11) is 0. The monoisotopic (exact) mass is 196 g/mol. The number of hydrogen-bond donors (Lipinski definition) is 0. The van der Waals surface area contributed by atoms with Crippen molar-refractivity contribution in [3.63, 3.8) is 0 Å². The Balaban J connectivity index is 1.90. The molecule has 80 valence electrons. The van der Waals surface area contributed by atoms with E-state index in [1.807, 2.05) is 12.1 Å². The van der Waals surface area contributed by atoms with E-state index in [-0.39, 0.29) is 0 Å². The molecule has 0 amide bonds. The molecule has 0 atom stereocenters. The van der Waals surface area contributed by atoms with E-state index in [0.29, 0.717) is 6.61 Å². The van der Waals surface area contributed by atoms with Gasteiger partial charge in [0.05, 0.1) is 6.26 Å². The number of ether oxygens (including phenoxy) is 1. The molecule has 0 bridgehead atoms. The van der Waals surface area contributed by atoms with E-state index >= 15 is 0 Å². The van der Waals surface area contributed by atoms with E-state index in [1.165, 1.54) is 12.8 Å². The van der Waals surface area contributed by atoms with E-state index in [2.05, 4.69) is 13.8 Å². The van der Waals surface area contributed by atoms with Crippen molar-refractivity contribution >= 4 is 0 Å². The zero-order valence-electron chi connectivity index (χ0n) is 9.16. The average molecular weight is 196 g/mol. The van der Waals surface area contributed by atoms with Crippen LogP contribution in [0, 0.1) is 5.92 Å². The highest BCUT2D eigenvalue weighted by molar-refractivity contribution is 4.95. The van der Waals surface area contributed by atoms with Crippen LogP contribution in [0.3, 0.4) is 0 Å². The summed E-state index contributed by atoms with van der Waals surface area (Å²) in [5.41, 5.74) is 0. The molecule has 1 rings (SSSR count). The van der Waals surface area contributed by atoms with Crippen molar-refractivity contribution < 1.29 is 9.15 Å². The van der Waals surface area contributed by atoms with Gasteiger partial charge in [0.1, 0.15) is 12.4 Å². The summed E-state index contributed by atoms with van der Waals surface area (Å²) in [6, 6.07) is 3.82. The molecule has 0 aromatic carbocycles. The van der Waals surface area contributed by atoms with Crippen molar-refractivity contribution in [2.45, 2.75) is 39.7 Å². The van der Waals surface area contributed by atoms with Crippen LogP contribution in [-0.2, 0) is 11.3 Å². The van der Waals surface area contributed by atoms with Gasteiger partial charge < -0.3 is 9.15 Å². The maximum atomic E-state index is 5.47. The lowest BCUT2D eigenvalue weighted by Crippen LogP contribution is -1.95. The Hall–Kier alpha value is -0.760. The lowest BCUT2D eigenvalue weighted by atomic mass is 10.1. The molecule has 2 nitrogen and oxygen atoms in total. The zero-order chi connectivity index (χ0) is 10.2. The Bertz CT molecular complexity index is 214. The van der Waals surface area contributed by atoms with Crippen LogP contribution in [0.2, 0.25) is 0 Å². The van der Waals surface area contributed by atoms with Crippen LogP contribution >= 0.6 is 0 Å². The van der Waals surface area contributed by atoms with Crippen molar-refractivity contribution in [2.24, 2.45) is 5.92 Å². The first-order valence-corrected chi connectivity index (χ1v) is 5.39. The minimum atomic E-state index is 0.606. The van der Waals surface area contributed by atoms with E-state index in [9.17, 15) is 0 Å². The highest BCUT2D eigenvalue weighted by Crippen LogP contribution is 2.07. The molecular formula is C12H20O2. The lowest BCUT2D eigenvalue weighted by molar-refractivity contribution is 0.102. The maximum Gasteiger partial charge on any atom is 0.129 e. The van der Waals surface area contributed by atoms with Gasteiger partial charge in [0.2, 0.25) is 0 Å². The maximum absolute atomic E-state index is 5.47. The number of unbranched alkanes of at least 4 members (excludes halogenated alkanes) is 1. The van der Waals surface area contributed by atoms with Crippen molar-refractivity contribution in [3.8, 4) is 0 Å². The molecule has 1 aromatic heterocycles. The fraction of sp³-hybridized carbons (Fsp3) is 0.667. The molecule has 0 fully saturated rings. The summed E-state index contributed by atoms with van der Waals surface area (Å²) in [5.74, 6) is 1.72. The summed E-state index contributed by atoms with van der Waals surface area (Å²) in [4.78, 5) is 0. The lowest BCUT2D eigenvalue weighted by Gasteiger charge is -2.04. The Morgan fingerprint density at radius 3 is 2.86 bits per heavy atom. The van der Waals surface area contributed by atoms with Gasteiger partial charge in [-0.1, -0.05) is 26.7 Å². The SMILES string of the molecule is CC(C)CCCCOCc1ccco1. The predicted molar refractivity (Wildman–Crippen MR) is 57.1 cm³/mol. The van der Waals surface area contributed by atoms with Crippen LogP contribution < -0.4 is 0 Å². The normalized spacial score (nSPS) is 11.1. The third-order valence-corrected chi connectivity index (χ3v) is 2.14. The van der Waals surface area contributed by atoms with Gasteiger partial charge in [-0.25, -0.2) is 0 Å². The van der Waals surface area contributed by atoms with Gasteiger partial charge in [-0.3, -0.25) is 0 Å². The molecule has 0 saturated carbocycles. The molecule has 2 heteroatoms. The number of furan rings is 1. The fourth-order valence-electron chi connectivity index (χ4n) is 1.32. The van der Waals surface area contributed by atoms with Crippen molar-refractivity contribution in [1.29, 1.82) is 0 Å². The Morgan fingerprint density at radius 1 is 1.36 bits per heavy atom. The van der Waals surface area contributed by atoms with Gasteiger partial charge in [-0.2, -0.15) is 0 Å². The van der Waals surface area contributed by atoms with Gasteiger partial charge in [-0.15, -0.1) is 0 Å².